The highest BCUT2D eigenvalue weighted by Crippen LogP contribution is 2.40. The minimum atomic E-state index is -2.37. The Morgan fingerprint density at radius 1 is 0.276 bits per heavy atom. The Labute approximate surface area is 656 Å². The molecule has 4 amide bonds. The van der Waals surface area contributed by atoms with Crippen molar-refractivity contribution in [3.63, 3.8) is 0 Å². The predicted octanol–water partition coefficient (Wildman–Crippen LogP) is -21.1. The zero-order valence-corrected chi connectivity index (χ0v) is 62.0. The van der Waals surface area contributed by atoms with Crippen LogP contribution in [0.15, 0.2) is 0 Å². The Balaban J connectivity index is 0.884. The van der Waals surface area contributed by atoms with Crippen LogP contribution >= 0.6 is 0 Å². The standard InChI is InChI=1S/C64H108N4O48/c1-16(80)66-29-37(88)48(109-61-45(96)53(34(85)22(7-72)101-61)114-57-31(68-18(3)82)39(90)50(27(12-77)107-57)111-63-47(98)55(36(87)24(9-74)103-63)116-60-42(93)40(91)32(83)20(5-70)100-60)25(10-75)105-56(29)113-52-33(84)21(6-71)102-62(44(52)95)110-49-26(11-76)106-58(30(38(49)89)67-17(2)81)115-54-35(86)23(8-73)104-64(46(54)97)112-51-28(13-78)108-59(43(94)41(51)92)99-14-19(4-69)65-15-79/h15,19-64,69-78,83-98H,4-14H2,1-3H3,(H,65,79)(H,66,80)(H,67,81)(H,68,82)/t19-,20-,21-,22-,23-,24-,25-,26-,27-,28-,29-,30-,31-,32+,33+,34+,35+,36+,37-,38-,39-,40+,41-,42-,43-,44-,45-,46-,47-,48-,49-,50-,51-,52+,53+,54+,55+,56+,57+,58+,59-,60-,61+,62+,63+,64+/m1/s1. The molecule has 0 aromatic heterocycles. The van der Waals surface area contributed by atoms with E-state index in [4.69, 9.17) is 85.3 Å². The van der Waals surface area contributed by atoms with Crippen molar-refractivity contribution in [2.75, 3.05) is 72.7 Å². The molecule has 0 bridgehead atoms. The molecule has 30 N–H and O–H groups in total. The van der Waals surface area contributed by atoms with Crippen molar-refractivity contribution in [3.8, 4) is 0 Å². The van der Waals surface area contributed by atoms with Crippen LogP contribution in [0, 0.1) is 0 Å². The highest BCUT2D eigenvalue weighted by atomic mass is 16.8. The highest BCUT2D eigenvalue weighted by molar-refractivity contribution is 5.74. The van der Waals surface area contributed by atoms with Crippen molar-refractivity contribution in [2.45, 2.75) is 303 Å². The van der Waals surface area contributed by atoms with Crippen molar-refractivity contribution in [2.24, 2.45) is 0 Å². The third-order valence-electron chi connectivity index (χ3n) is 20.9. The van der Waals surface area contributed by atoms with E-state index >= 15 is 0 Å². The first-order chi connectivity index (χ1) is 55.1. The molecule has 9 saturated heterocycles. The lowest BCUT2D eigenvalue weighted by molar-refractivity contribution is -0.391. The van der Waals surface area contributed by atoms with Crippen LogP contribution in [-0.2, 0) is 104 Å². The van der Waals surface area contributed by atoms with Gasteiger partial charge in [0, 0.05) is 20.8 Å². The minimum Gasteiger partial charge on any atom is -0.394 e. The number of carbonyl (C=O) groups excluding carboxylic acids is 4. The summed E-state index contributed by atoms with van der Waals surface area (Å²) in [6.07, 6.45) is -84.9. The second-order valence-electron chi connectivity index (χ2n) is 28.9. The van der Waals surface area contributed by atoms with E-state index in [0.717, 1.165) is 20.8 Å². The van der Waals surface area contributed by atoms with Gasteiger partial charge in [0.05, 0.1) is 78.7 Å². The molecule has 0 aliphatic carbocycles. The summed E-state index contributed by atoms with van der Waals surface area (Å²) >= 11 is 0. The van der Waals surface area contributed by atoms with Gasteiger partial charge in [0.2, 0.25) is 24.1 Å². The van der Waals surface area contributed by atoms with Gasteiger partial charge in [-0.3, -0.25) is 19.2 Å². The zero-order chi connectivity index (χ0) is 85.3. The van der Waals surface area contributed by atoms with Gasteiger partial charge in [0.25, 0.3) is 0 Å². The lowest BCUT2D eigenvalue weighted by atomic mass is 9.93. The Morgan fingerprint density at radius 2 is 0.500 bits per heavy atom. The van der Waals surface area contributed by atoms with Crippen molar-refractivity contribution >= 4 is 24.1 Å². The summed E-state index contributed by atoms with van der Waals surface area (Å²) in [5.41, 5.74) is 0. The molecule has 0 aromatic carbocycles. The average Bonchev–Trinajstić information content (AvgIpc) is 0.768. The van der Waals surface area contributed by atoms with E-state index in [1.165, 1.54) is 0 Å². The maximum absolute atomic E-state index is 13.0. The maximum atomic E-state index is 13.0. The topological polar surface area (TPSA) is 809 Å². The van der Waals surface area contributed by atoms with Crippen LogP contribution in [0.2, 0.25) is 0 Å². The summed E-state index contributed by atoms with van der Waals surface area (Å²) in [7, 11) is 0. The second-order valence-corrected chi connectivity index (χ2v) is 28.9. The van der Waals surface area contributed by atoms with Crippen molar-refractivity contribution in [1.82, 2.24) is 21.3 Å². The summed E-state index contributed by atoms with van der Waals surface area (Å²) in [6, 6.07) is -6.79. The van der Waals surface area contributed by atoms with E-state index in [-0.39, 0.29) is 6.41 Å². The first kappa shape index (κ1) is 95.9. The monoisotopic (exact) mass is 1700 g/mol. The van der Waals surface area contributed by atoms with Gasteiger partial charge >= 0.3 is 0 Å². The van der Waals surface area contributed by atoms with E-state index < -0.39 is 373 Å². The third-order valence-corrected chi connectivity index (χ3v) is 20.9. The fourth-order valence-corrected chi connectivity index (χ4v) is 14.8. The van der Waals surface area contributed by atoms with E-state index in [1.807, 2.05) is 0 Å². The van der Waals surface area contributed by atoms with Crippen LogP contribution < -0.4 is 21.3 Å². The van der Waals surface area contributed by atoms with Gasteiger partial charge in [-0.2, -0.15) is 0 Å². The smallest absolute Gasteiger partial charge is 0.217 e. The Kier molecular flexibility index (Phi) is 35.5. The average molecular weight is 1700 g/mol. The molecule has 0 unspecified atom stereocenters. The van der Waals surface area contributed by atoms with E-state index in [0.29, 0.717) is 0 Å². The molecule has 0 saturated carbocycles. The normalized spacial score (nSPS) is 47.9. The third kappa shape index (κ3) is 21.3. The van der Waals surface area contributed by atoms with Crippen LogP contribution in [0.1, 0.15) is 20.8 Å². The van der Waals surface area contributed by atoms with Gasteiger partial charge < -0.3 is 239 Å². The lowest BCUT2D eigenvalue weighted by Gasteiger charge is -2.51. The summed E-state index contributed by atoms with van der Waals surface area (Å²) in [5.74, 6) is -2.83. The Bertz CT molecular complexity index is 3030. The summed E-state index contributed by atoms with van der Waals surface area (Å²) in [6.45, 7) is -8.01. The second kappa shape index (κ2) is 43.0. The molecule has 672 valence electrons. The van der Waals surface area contributed by atoms with E-state index in [9.17, 15) is 152 Å². The first-order valence-corrected chi connectivity index (χ1v) is 36.9. The molecule has 0 aromatic rings. The van der Waals surface area contributed by atoms with E-state index in [2.05, 4.69) is 21.3 Å². The molecule has 46 atom stereocenters. The van der Waals surface area contributed by atoms with Gasteiger partial charge in [-0.25, -0.2) is 0 Å². The summed E-state index contributed by atoms with van der Waals surface area (Å²) in [5, 5.41) is 296. The quantitative estimate of drug-likeness (QED) is 0.0266. The number of amides is 4. The molecule has 0 spiro atoms. The largest absolute Gasteiger partial charge is 0.394 e. The van der Waals surface area contributed by atoms with Gasteiger partial charge in [-0.1, -0.05) is 0 Å². The first-order valence-electron chi connectivity index (χ1n) is 36.9. The molecule has 52 nitrogen and oxygen atoms in total. The molecule has 9 aliphatic heterocycles. The number of aliphatic hydroxyl groups is 26. The summed E-state index contributed by atoms with van der Waals surface area (Å²) in [4.78, 5) is 49.7. The number of carbonyl (C=O) groups is 4. The van der Waals surface area contributed by atoms with Crippen molar-refractivity contribution in [1.29, 1.82) is 0 Å². The fourth-order valence-electron chi connectivity index (χ4n) is 14.8. The number of aliphatic hydroxyl groups excluding tert-OH is 26. The molecule has 9 rings (SSSR count). The molecule has 9 heterocycles. The van der Waals surface area contributed by atoms with Crippen LogP contribution in [-0.4, -0.2) is 512 Å². The van der Waals surface area contributed by atoms with Gasteiger partial charge in [-0.05, 0) is 0 Å². The van der Waals surface area contributed by atoms with Crippen molar-refractivity contribution in [3.05, 3.63) is 0 Å². The van der Waals surface area contributed by atoms with Crippen LogP contribution in [0.25, 0.3) is 0 Å². The van der Waals surface area contributed by atoms with Crippen LogP contribution in [0.3, 0.4) is 0 Å². The number of ether oxygens (including phenoxy) is 18. The van der Waals surface area contributed by atoms with Gasteiger partial charge in [0.15, 0.2) is 56.6 Å². The SMILES string of the molecule is CC(=O)N[C@H]1[C@H](O[C@H]2[C@@H](O)[C@@H](CO)O[C@@H](O[C@H]3[C@H](O)[C@@H](O)[C@H](OC[C@@H](CO)NC=O)O[C@@H]3CO)[C@@H]2O)O[C@H](CO)[C@@H](O[C@@H]2O[C@H](CO)[C@H](O)[C@H](O[C@@H]3O[C@H](CO)[C@@H](O[C@@H]4O[C@H](CO)[C@H](O)[C@H](O[C@@H]5O[C@H](CO)[C@@H](O[C@@H]6O[C@H](CO)[C@H](O)[C@H](O[C@H]7O[C@H](CO)[C@H](O)[C@H](O)[C@H]7O)[C@H]6O)[C@H](O)[C@H]5NC(C)=O)[C@H]4O)[C@H](O)[C@H]3NC(C)=O)[C@H]2O)[C@@H]1O. The molecule has 9 aliphatic rings. The molecular weight excluding hydrogens is 1590 g/mol. The Hall–Kier alpha value is -3.88. The van der Waals surface area contributed by atoms with Crippen LogP contribution in [0.4, 0.5) is 0 Å². The predicted molar refractivity (Wildman–Crippen MR) is 356 cm³/mol. The summed E-state index contributed by atoms with van der Waals surface area (Å²) < 4.78 is 104. The van der Waals surface area contributed by atoms with Gasteiger partial charge in [0.1, 0.15) is 220 Å². The molecule has 116 heavy (non-hydrogen) atoms. The molecule has 9 fully saturated rings. The zero-order valence-electron chi connectivity index (χ0n) is 62.0. The lowest BCUT2D eigenvalue weighted by Crippen LogP contribution is -2.71. The van der Waals surface area contributed by atoms with Crippen molar-refractivity contribution < 1.29 is 237 Å². The molecule has 52 heteroatoms. The maximum Gasteiger partial charge on any atom is 0.217 e. The number of rotatable bonds is 34. The van der Waals surface area contributed by atoms with Gasteiger partial charge in [-0.15, -0.1) is 0 Å². The highest BCUT2D eigenvalue weighted by Gasteiger charge is 2.61. The number of hydrogen-bond donors (Lipinski definition) is 30. The Morgan fingerprint density at radius 3 is 0.759 bits per heavy atom. The number of nitrogens with one attached hydrogen (secondary N) is 4. The molecular formula is C64H108N4O48. The van der Waals surface area contributed by atoms with E-state index in [1.54, 1.807) is 0 Å². The van der Waals surface area contributed by atoms with Crippen LogP contribution in [0.5, 0.6) is 0 Å². The molecule has 0 radical (unpaired) electrons. The minimum absolute atomic E-state index is 0.255. The fraction of sp³-hybridized carbons (Fsp3) is 0.938. The number of hydrogen-bond acceptors (Lipinski definition) is 48.